The summed E-state index contributed by atoms with van der Waals surface area (Å²) in [5.41, 5.74) is 2.03. The minimum absolute atomic E-state index is 0.201. The van der Waals surface area contributed by atoms with Crippen LogP contribution in [0.1, 0.15) is 43.7 Å². The number of aryl methyl sites for hydroxylation is 2. The molecule has 2 aliphatic heterocycles. The molecule has 0 bridgehead atoms. The first-order valence-corrected chi connectivity index (χ1v) is 10.6. The van der Waals surface area contributed by atoms with Crippen molar-refractivity contribution < 1.29 is 24.2 Å². The fourth-order valence-corrected chi connectivity index (χ4v) is 4.32. The van der Waals surface area contributed by atoms with Crippen LogP contribution in [0.2, 0.25) is 0 Å². The number of likely N-dealkylation sites (tertiary alicyclic amines) is 1. The molecule has 1 unspecified atom stereocenters. The molecule has 10 nitrogen and oxygen atoms in total. The van der Waals surface area contributed by atoms with Gasteiger partial charge in [-0.2, -0.15) is 4.89 Å². The molecule has 0 saturated carbocycles. The Labute approximate surface area is 178 Å². The van der Waals surface area contributed by atoms with E-state index in [9.17, 15) is 19.2 Å². The van der Waals surface area contributed by atoms with E-state index in [1.165, 1.54) is 9.13 Å². The average molecular weight is 430 g/mol. The number of piperidine rings is 1. The second-order valence-electron chi connectivity index (χ2n) is 7.93. The number of hydrogen-bond acceptors (Lipinski definition) is 6. The first kappa shape index (κ1) is 21.1. The Balaban J connectivity index is 1.44. The van der Waals surface area contributed by atoms with Crippen LogP contribution in [0.5, 0.6) is 0 Å². The molecule has 1 aromatic heterocycles. The van der Waals surface area contributed by atoms with Gasteiger partial charge in [0.2, 0.25) is 11.8 Å². The van der Waals surface area contributed by atoms with Crippen LogP contribution in [0.15, 0.2) is 23.0 Å². The summed E-state index contributed by atoms with van der Waals surface area (Å²) in [5, 5.41) is 2.31. The zero-order valence-corrected chi connectivity index (χ0v) is 17.5. The Morgan fingerprint density at radius 1 is 1.19 bits per heavy atom. The van der Waals surface area contributed by atoms with Crippen LogP contribution >= 0.6 is 0 Å². The molecule has 1 aromatic carbocycles. The molecule has 2 aliphatic rings. The molecular weight excluding hydrogens is 404 g/mol. The Morgan fingerprint density at radius 2 is 1.97 bits per heavy atom. The van der Waals surface area contributed by atoms with E-state index in [4.69, 9.17) is 9.78 Å². The number of rotatable bonds is 6. The highest BCUT2D eigenvalue weighted by Crippen LogP contribution is 2.25. The van der Waals surface area contributed by atoms with Crippen molar-refractivity contribution >= 4 is 28.9 Å². The van der Waals surface area contributed by atoms with Crippen molar-refractivity contribution in [2.24, 2.45) is 7.05 Å². The molecule has 0 aliphatic carbocycles. The molecule has 2 aromatic rings. The third-order valence-corrected chi connectivity index (χ3v) is 5.88. The summed E-state index contributed by atoms with van der Waals surface area (Å²) >= 11 is 0. The number of carbonyl (C=O) groups excluding carboxylic acids is 3. The molecule has 1 N–H and O–H groups in total. The van der Waals surface area contributed by atoms with Crippen LogP contribution in [-0.4, -0.2) is 51.6 Å². The van der Waals surface area contributed by atoms with Crippen LogP contribution in [0, 0.1) is 0 Å². The standard InChI is InChI=1S/C21H26N4O6/c1-23-18-14(7-5-13-30-31-21(29)24-11-2-3-12-24)6-4-8-15(18)25(20(23)28)16-9-10-17(26)22-19(16)27/h4,6,8,16H,2-3,5,7,9-13H2,1H3,(H,22,26,27). The molecule has 10 heteroatoms. The van der Waals surface area contributed by atoms with E-state index in [1.807, 2.05) is 12.1 Å². The van der Waals surface area contributed by atoms with Crippen LogP contribution in [-0.2, 0) is 32.8 Å². The van der Waals surface area contributed by atoms with E-state index in [-0.39, 0.29) is 24.6 Å². The second-order valence-corrected chi connectivity index (χ2v) is 7.93. The Bertz CT molecular complexity index is 1070. The topological polar surface area (TPSA) is 112 Å². The number of para-hydroxylation sites is 1. The third-order valence-electron chi connectivity index (χ3n) is 5.88. The Kier molecular flexibility index (Phi) is 6.08. The van der Waals surface area contributed by atoms with Gasteiger partial charge in [-0.15, -0.1) is 0 Å². The van der Waals surface area contributed by atoms with Gasteiger partial charge in [-0.1, -0.05) is 12.1 Å². The zero-order valence-electron chi connectivity index (χ0n) is 17.5. The molecule has 1 atom stereocenters. The van der Waals surface area contributed by atoms with Crippen LogP contribution in [0.25, 0.3) is 11.0 Å². The number of imide groups is 1. The average Bonchev–Trinajstić information content (AvgIpc) is 3.37. The predicted molar refractivity (Wildman–Crippen MR) is 110 cm³/mol. The van der Waals surface area contributed by atoms with Gasteiger partial charge in [-0.3, -0.25) is 28.9 Å². The number of aromatic nitrogens is 2. The van der Waals surface area contributed by atoms with Gasteiger partial charge in [-0.05, 0) is 43.7 Å². The summed E-state index contributed by atoms with van der Waals surface area (Å²) in [5.74, 6) is -0.773. The number of fused-ring (bicyclic) bond motifs is 1. The fraction of sp³-hybridized carbons (Fsp3) is 0.524. The van der Waals surface area contributed by atoms with E-state index in [2.05, 4.69) is 5.32 Å². The van der Waals surface area contributed by atoms with Gasteiger partial charge in [0.05, 0.1) is 17.6 Å². The molecule has 2 saturated heterocycles. The van der Waals surface area contributed by atoms with Crippen LogP contribution in [0.3, 0.4) is 0 Å². The van der Waals surface area contributed by atoms with E-state index in [1.54, 1.807) is 18.0 Å². The largest absolute Gasteiger partial charge is 0.441 e. The summed E-state index contributed by atoms with van der Waals surface area (Å²) < 4.78 is 3.00. The second kappa shape index (κ2) is 8.93. The molecule has 0 radical (unpaired) electrons. The monoisotopic (exact) mass is 430 g/mol. The SMILES string of the molecule is Cn1c(=O)n(C2CCC(=O)NC2=O)c2cccc(CCCOOC(=O)N3CCCC3)c21. The Hall–Kier alpha value is -3.14. The first-order chi connectivity index (χ1) is 15.0. The van der Waals surface area contributed by atoms with Crippen molar-refractivity contribution in [3.8, 4) is 0 Å². The quantitative estimate of drug-likeness (QED) is 0.321. The fourth-order valence-electron chi connectivity index (χ4n) is 4.32. The van der Waals surface area contributed by atoms with Crippen molar-refractivity contribution in [2.75, 3.05) is 19.7 Å². The lowest BCUT2D eigenvalue weighted by molar-refractivity contribution is -0.245. The number of amides is 3. The summed E-state index contributed by atoms with van der Waals surface area (Å²) in [6, 6.07) is 4.86. The summed E-state index contributed by atoms with van der Waals surface area (Å²) in [4.78, 5) is 60.1. The van der Waals surface area contributed by atoms with E-state index in [0.29, 0.717) is 37.9 Å². The first-order valence-electron chi connectivity index (χ1n) is 10.6. The maximum atomic E-state index is 12.9. The molecule has 2 fully saturated rings. The summed E-state index contributed by atoms with van der Waals surface area (Å²) in [7, 11) is 1.67. The maximum Gasteiger partial charge on any atom is 0.441 e. The lowest BCUT2D eigenvalue weighted by atomic mass is 10.0. The molecule has 166 valence electrons. The minimum Gasteiger partial charge on any atom is -0.306 e. The maximum absolute atomic E-state index is 12.9. The number of nitrogens with zero attached hydrogens (tertiary/aromatic N) is 3. The number of carbonyl (C=O) groups is 3. The summed E-state index contributed by atoms with van der Waals surface area (Å²) in [6.45, 7) is 1.63. The van der Waals surface area contributed by atoms with E-state index < -0.39 is 18.0 Å². The molecule has 4 rings (SSSR count). The number of hydrogen-bond donors (Lipinski definition) is 1. The predicted octanol–water partition coefficient (Wildman–Crippen LogP) is 1.41. The van der Waals surface area contributed by atoms with Crippen molar-refractivity contribution in [3.63, 3.8) is 0 Å². The van der Waals surface area contributed by atoms with Gasteiger partial charge in [0.25, 0.3) is 0 Å². The van der Waals surface area contributed by atoms with Crippen molar-refractivity contribution in [3.05, 3.63) is 34.2 Å². The van der Waals surface area contributed by atoms with Crippen molar-refractivity contribution in [1.29, 1.82) is 0 Å². The summed E-state index contributed by atoms with van der Waals surface area (Å²) in [6.07, 6.45) is 3.20. The van der Waals surface area contributed by atoms with E-state index in [0.717, 1.165) is 23.9 Å². The number of benzene rings is 1. The minimum atomic E-state index is -0.711. The van der Waals surface area contributed by atoms with Crippen LogP contribution in [0.4, 0.5) is 4.79 Å². The highest BCUT2D eigenvalue weighted by atomic mass is 17.2. The smallest absolute Gasteiger partial charge is 0.306 e. The number of nitrogens with one attached hydrogen (secondary N) is 1. The van der Waals surface area contributed by atoms with Crippen molar-refractivity contribution in [2.45, 2.75) is 44.6 Å². The molecule has 0 spiro atoms. The zero-order chi connectivity index (χ0) is 22.0. The highest BCUT2D eigenvalue weighted by molar-refractivity contribution is 6.00. The van der Waals surface area contributed by atoms with Gasteiger partial charge >= 0.3 is 11.8 Å². The van der Waals surface area contributed by atoms with Gasteiger partial charge < -0.3 is 4.90 Å². The van der Waals surface area contributed by atoms with Crippen LogP contribution < -0.4 is 11.0 Å². The van der Waals surface area contributed by atoms with Gasteiger partial charge in [0.1, 0.15) is 6.04 Å². The molecule has 31 heavy (non-hydrogen) atoms. The van der Waals surface area contributed by atoms with E-state index >= 15 is 0 Å². The molecule has 3 heterocycles. The van der Waals surface area contributed by atoms with Gasteiger partial charge in [0.15, 0.2) is 0 Å². The Morgan fingerprint density at radius 3 is 2.71 bits per heavy atom. The number of imidazole rings is 1. The third kappa shape index (κ3) is 4.20. The van der Waals surface area contributed by atoms with Gasteiger partial charge in [0, 0.05) is 26.6 Å². The molecular formula is C21H26N4O6. The van der Waals surface area contributed by atoms with Gasteiger partial charge in [-0.25, -0.2) is 9.59 Å². The lowest BCUT2D eigenvalue weighted by Gasteiger charge is -2.21. The molecule has 3 amide bonds. The highest BCUT2D eigenvalue weighted by Gasteiger charge is 2.31. The normalized spacial score (nSPS) is 19.1. The van der Waals surface area contributed by atoms with Crippen molar-refractivity contribution in [1.82, 2.24) is 19.4 Å². The lowest BCUT2D eigenvalue weighted by Crippen LogP contribution is -2.44.